The van der Waals surface area contributed by atoms with Crippen molar-refractivity contribution < 1.29 is 8.81 Å². The molecule has 3 N–H and O–H groups in total. The maximum absolute atomic E-state index is 14.1. The average Bonchev–Trinajstić information content (AvgIpc) is 2.85. The van der Waals surface area contributed by atoms with Crippen molar-refractivity contribution in [1.82, 2.24) is 5.43 Å². The second-order valence-corrected chi connectivity index (χ2v) is 4.81. The molecule has 2 rings (SSSR count). The van der Waals surface area contributed by atoms with E-state index in [1.807, 2.05) is 32.0 Å². The standard InChI is InChI=1S/C15H19FN2O/c1-10-8-11(2)15(13(16)9-10)14(18-17)6-5-12-4-3-7-19-12/h3-4,7-9,14,18H,5-6,17H2,1-2H3. The van der Waals surface area contributed by atoms with Gasteiger partial charge < -0.3 is 4.42 Å². The van der Waals surface area contributed by atoms with E-state index in [0.29, 0.717) is 18.4 Å². The molecule has 0 aliphatic rings. The number of hydrogen-bond acceptors (Lipinski definition) is 3. The molecule has 2 aromatic rings. The molecule has 0 radical (unpaired) electrons. The topological polar surface area (TPSA) is 51.2 Å². The second-order valence-electron chi connectivity index (χ2n) is 4.81. The second kappa shape index (κ2) is 5.99. The van der Waals surface area contributed by atoms with Gasteiger partial charge in [0.1, 0.15) is 11.6 Å². The van der Waals surface area contributed by atoms with Gasteiger partial charge in [0.2, 0.25) is 0 Å². The van der Waals surface area contributed by atoms with Crippen LogP contribution in [0.25, 0.3) is 0 Å². The van der Waals surface area contributed by atoms with E-state index in [1.165, 1.54) is 0 Å². The van der Waals surface area contributed by atoms with Crippen molar-refractivity contribution >= 4 is 0 Å². The van der Waals surface area contributed by atoms with Gasteiger partial charge in [-0.3, -0.25) is 11.3 Å². The molecule has 0 saturated carbocycles. The Bertz CT molecular complexity index is 514. The first-order chi connectivity index (χ1) is 9.11. The number of halogens is 1. The minimum Gasteiger partial charge on any atom is -0.469 e. The first-order valence-corrected chi connectivity index (χ1v) is 6.37. The van der Waals surface area contributed by atoms with E-state index in [-0.39, 0.29) is 11.9 Å². The molecular formula is C15H19FN2O. The summed E-state index contributed by atoms with van der Waals surface area (Å²) in [4.78, 5) is 0. The van der Waals surface area contributed by atoms with Crippen LogP contribution in [0.15, 0.2) is 34.9 Å². The minimum atomic E-state index is -0.217. The summed E-state index contributed by atoms with van der Waals surface area (Å²) in [5.74, 6) is 6.24. The average molecular weight is 262 g/mol. The van der Waals surface area contributed by atoms with Gasteiger partial charge in [0, 0.05) is 18.0 Å². The molecule has 102 valence electrons. The molecule has 0 spiro atoms. The van der Waals surface area contributed by atoms with Gasteiger partial charge in [-0.05, 0) is 49.6 Å². The number of aryl methyl sites for hydroxylation is 3. The molecule has 0 aliphatic heterocycles. The molecule has 0 saturated heterocycles. The third-order valence-electron chi connectivity index (χ3n) is 3.29. The highest BCUT2D eigenvalue weighted by atomic mass is 19.1. The fraction of sp³-hybridized carbons (Fsp3) is 0.333. The van der Waals surface area contributed by atoms with Gasteiger partial charge in [-0.25, -0.2) is 4.39 Å². The molecule has 1 atom stereocenters. The third kappa shape index (κ3) is 3.22. The van der Waals surface area contributed by atoms with E-state index in [4.69, 9.17) is 10.3 Å². The number of benzene rings is 1. The van der Waals surface area contributed by atoms with Crippen LogP contribution in [-0.4, -0.2) is 0 Å². The first kappa shape index (κ1) is 13.8. The van der Waals surface area contributed by atoms with Gasteiger partial charge in [-0.15, -0.1) is 0 Å². The van der Waals surface area contributed by atoms with Gasteiger partial charge in [0.25, 0.3) is 0 Å². The minimum absolute atomic E-state index is 0.208. The highest BCUT2D eigenvalue weighted by Gasteiger charge is 2.17. The zero-order chi connectivity index (χ0) is 13.8. The Labute approximate surface area is 112 Å². The number of rotatable bonds is 5. The molecule has 1 aromatic heterocycles. The van der Waals surface area contributed by atoms with Crippen LogP contribution in [0.3, 0.4) is 0 Å². The van der Waals surface area contributed by atoms with Gasteiger partial charge in [-0.2, -0.15) is 0 Å². The number of furan rings is 1. The van der Waals surface area contributed by atoms with Crippen molar-refractivity contribution in [2.45, 2.75) is 32.7 Å². The van der Waals surface area contributed by atoms with Crippen LogP contribution >= 0.6 is 0 Å². The number of nitrogens with two attached hydrogens (primary N) is 1. The molecule has 0 bridgehead atoms. The quantitative estimate of drug-likeness (QED) is 0.642. The van der Waals surface area contributed by atoms with E-state index in [1.54, 1.807) is 12.3 Å². The molecule has 19 heavy (non-hydrogen) atoms. The fourth-order valence-corrected chi connectivity index (χ4v) is 2.42. The summed E-state index contributed by atoms with van der Waals surface area (Å²) in [6, 6.07) is 7.05. The highest BCUT2D eigenvalue weighted by Crippen LogP contribution is 2.26. The van der Waals surface area contributed by atoms with Crippen LogP contribution in [0.1, 0.15) is 34.9 Å². The van der Waals surface area contributed by atoms with Crippen molar-refractivity contribution in [3.05, 3.63) is 58.8 Å². The summed E-state index contributed by atoms with van der Waals surface area (Å²) in [5.41, 5.74) is 5.17. The summed E-state index contributed by atoms with van der Waals surface area (Å²) in [6.07, 6.45) is 3.04. The maximum Gasteiger partial charge on any atom is 0.128 e. The smallest absolute Gasteiger partial charge is 0.128 e. The maximum atomic E-state index is 14.1. The zero-order valence-electron chi connectivity index (χ0n) is 11.2. The summed E-state index contributed by atoms with van der Waals surface area (Å²) >= 11 is 0. The molecule has 0 fully saturated rings. The summed E-state index contributed by atoms with van der Waals surface area (Å²) in [7, 11) is 0. The van der Waals surface area contributed by atoms with Crippen molar-refractivity contribution in [3.8, 4) is 0 Å². The molecule has 3 nitrogen and oxygen atoms in total. The summed E-state index contributed by atoms with van der Waals surface area (Å²) in [5, 5.41) is 0. The molecule has 1 unspecified atom stereocenters. The predicted octanol–water partition coefficient (Wildman–Crippen LogP) is 3.17. The van der Waals surface area contributed by atoms with Gasteiger partial charge in [0.15, 0.2) is 0 Å². The Morgan fingerprint density at radius 3 is 2.74 bits per heavy atom. The molecule has 4 heteroatoms. The Kier molecular flexibility index (Phi) is 4.35. The normalized spacial score (nSPS) is 12.6. The predicted molar refractivity (Wildman–Crippen MR) is 73.0 cm³/mol. The largest absolute Gasteiger partial charge is 0.469 e. The van der Waals surface area contributed by atoms with Crippen LogP contribution in [0.2, 0.25) is 0 Å². The molecule has 0 aliphatic carbocycles. The SMILES string of the molecule is Cc1cc(C)c(C(CCc2ccco2)NN)c(F)c1. The fourth-order valence-electron chi connectivity index (χ4n) is 2.42. The third-order valence-corrected chi connectivity index (χ3v) is 3.29. The van der Waals surface area contributed by atoms with Crippen LogP contribution < -0.4 is 11.3 Å². The van der Waals surface area contributed by atoms with E-state index < -0.39 is 0 Å². The monoisotopic (exact) mass is 262 g/mol. The molecule has 0 amide bonds. The van der Waals surface area contributed by atoms with Gasteiger partial charge >= 0.3 is 0 Å². The van der Waals surface area contributed by atoms with Crippen LogP contribution in [-0.2, 0) is 6.42 Å². The van der Waals surface area contributed by atoms with Crippen molar-refractivity contribution in [1.29, 1.82) is 0 Å². The summed E-state index contributed by atoms with van der Waals surface area (Å²) in [6.45, 7) is 3.79. The van der Waals surface area contributed by atoms with Crippen LogP contribution in [0.5, 0.6) is 0 Å². The van der Waals surface area contributed by atoms with E-state index in [9.17, 15) is 4.39 Å². The zero-order valence-corrected chi connectivity index (χ0v) is 11.2. The lowest BCUT2D eigenvalue weighted by Crippen LogP contribution is -2.29. The molecule has 1 aromatic carbocycles. The summed E-state index contributed by atoms with van der Waals surface area (Å²) < 4.78 is 19.4. The van der Waals surface area contributed by atoms with E-state index >= 15 is 0 Å². The number of hydrogen-bond donors (Lipinski definition) is 2. The lowest BCUT2D eigenvalue weighted by atomic mass is 9.95. The van der Waals surface area contributed by atoms with Crippen molar-refractivity contribution in [3.63, 3.8) is 0 Å². The van der Waals surface area contributed by atoms with Crippen LogP contribution in [0, 0.1) is 19.7 Å². The first-order valence-electron chi connectivity index (χ1n) is 6.37. The van der Waals surface area contributed by atoms with Gasteiger partial charge in [0.05, 0.1) is 6.26 Å². The lowest BCUT2D eigenvalue weighted by Gasteiger charge is -2.19. The van der Waals surface area contributed by atoms with Gasteiger partial charge in [-0.1, -0.05) is 6.07 Å². The Morgan fingerprint density at radius 1 is 1.37 bits per heavy atom. The molecular weight excluding hydrogens is 243 g/mol. The Morgan fingerprint density at radius 2 is 2.16 bits per heavy atom. The van der Waals surface area contributed by atoms with E-state index in [0.717, 1.165) is 16.9 Å². The Hall–Kier alpha value is -1.65. The van der Waals surface area contributed by atoms with Crippen molar-refractivity contribution in [2.75, 3.05) is 0 Å². The van der Waals surface area contributed by atoms with Crippen LogP contribution in [0.4, 0.5) is 4.39 Å². The van der Waals surface area contributed by atoms with Crippen molar-refractivity contribution in [2.24, 2.45) is 5.84 Å². The van der Waals surface area contributed by atoms with E-state index in [2.05, 4.69) is 5.43 Å². The number of hydrazine groups is 1. The highest BCUT2D eigenvalue weighted by molar-refractivity contribution is 5.34. The molecule has 1 heterocycles. The Balaban J connectivity index is 2.17. The lowest BCUT2D eigenvalue weighted by molar-refractivity contribution is 0.445. The number of nitrogens with one attached hydrogen (secondary N) is 1.